The molecule has 1 aromatic carbocycles. The fourth-order valence-corrected chi connectivity index (χ4v) is 3.77. The minimum atomic E-state index is -0.195. The molecule has 0 radical (unpaired) electrons. The number of hydrogen-bond donors (Lipinski definition) is 1. The number of fused-ring (bicyclic) bond motifs is 1. The van der Waals surface area contributed by atoms with Gasteiger partial charge in [0.2, 0.25) is 0 Å². The van der Waals surface area contributed by atoms with Gasteiger partial charge in [0.05, 0.1) is 0 Å². The van der Waals surface area contributed by atoms with Crippen molar-refractivity contribution in [2.45, 2.75) is 13.3 Å². The van der Waals surface area contributed by atoms with Gasteiger partial charge in [-0.2, -0.15) is 0 Å². The molecule has 1 amide bonds. The Kier molecular flexibility index (Phi) is 4.26. The van der Waals surface area contributed by atoms with Crippen molar-refractivity contribution in [2.24, 2.45) is 7.05 Å². The molecular formula is C20H18N4OS. The molecule has 4 rings (SSSR count). The van der Waals surface area contributed by atoms with Crippen LogP contribution < -0.4 is 5.32 Å². The fraction of sp³-hybridized carbons (Fsp3) is 0.150. The number of carbonyl (C=O) groups is 1. The number of hydrogen-bond acceptors (Lipinski definition) is 4. The molecule has 130 valence electrons. The number of thiazole rings is 1. The van der Waals surface area contributed by atoms with Gasteiger partial charge in [0.15, 0.2) is 0 Å². The van der Waals surface area contributed by atoms with Crippen LogP contribution in [0.3, 0.4) is 0 Å². The van der Waals surface area contributed by atoms with Crippen LogP contribution in [0.4, 0.5) is 5.69 Å². The maximum absolute atomic E-state index is 12.5. The van der Waals surface area contributed by atoms with Crippen molar-refractivity contribution in [2.75, 3.05) is 5.32 Å². The topological polar surface area (TPSA) is 59.8 Å². The lowest BCUT2D eigenvalue weighted by Gasteiger charge is -2.04. The van der Waals surface area contributed by atoms with Crippen molar-refractivity contribution in [1.82, 2.24) is 14.5 Å². The van der Waals surface area contributed by atoms with Gasteiger partial charge >= 0.3 is 0 Å². The van der Waals surface area contributed by atoms with E-state index in [2.05, 4.69) is 22.2 Å². The van der Waals surface area contributed by atoms with Crippen LogP contribution in [0.15, 0.2) is 54.2 Å². The third-order valence-electron chi connectivity index (χ3n) is 4.29. The average molecular weight is 362 g/mol. The highest BCUT2D eigenvalue weighted by molar-refractivity contribution is 7.13. The molecule has 0 spiro atoms. The zero-order valence-corrected chi connectivity index (χ0v) is 15.4. The third kappa shape index (κ3) is 2.99. The normalized spacial score (nSPS) is 11.0. The molecule has 0 atom stereocenters. The summed E-state index contributed by atoms with van der Waals surface area (Å²) in [7, 11) is 1.96. The minimum absolute atomic E-state index is 0.195. The first kappa shape index (κ1) is 16.5. The maximum atomic E-state index is 12.5. The van der Waals surface area contributed by atoms with Crippen LogP contribution in [0, 0.1) is 0 Å². The molecule has 0 aliphatic heterocycles. The van der Waals surface area contributed by atoms with Crippen molar-refractivity contribution in [3.8, 4) is 10.6 Å². The van der Waals surface area contributed by atoms with Gasteiger partial charge in [-0.25, -0.2) is 9.97 Å². The summed E-state index contributed by atoms with van der Waals surface area (Å²) in [6, 6.07) is 11.8. The highest BCUT2D eigenvalue weighted by atomic mass is 32.1. The van der Waals surface area contributed by atoms with E-state index in [0.29, 0.717) is 5.69 Å². The first-order chi connectivity index (χ1) is 12.7. The van der Waals surface area contributed by atoms with E-state index < -0.39 is 0 Å². The Labute approximate surface area is 155 Å². The first-order valence-electron chi connectivity index (χ1n) is 8.42. The summed E-state index contributed by atoms with van der Waals surface area (Å²) in [6.45, 7) is 2.09. The van der Waals surface area contributed by atoms with Crippen LogP contribution in [0.5, 0.6) is 0 Å². The summed E-state index contributed by atoms with van der Waals surface area (Å²) in [5, 5.41) is 6.57. The van der Waals surface area contributed by atoms with E-state index in [1.165, 1.54) is 16.9 Å². The monoisotopic (exact) mass is 362 g/mol. The first-order valence-corrected chi connectivity index (χ1v) is 9.30. The molecule has 0 aliphatic carbocycles. The lowest BCUT2D eigenvalue weighted by molar-refractivity contribution is 0.102. The molecule has 0 unspecified atom stereocenters. The molecule has 0 fully saturated rings. The van der Waals surface area contributed by atoms with E-state index in [1.54, 1.807) is 11.6 Å². The third-order valence-corrected chi connectivity index (χ3v) is 5.17. The molecule has 0 saturated carbocycles. The second kappa shape index (κ2) is 6.72. The molecule has 0 saturated heterocycles. The van der Waals surface area contributed by atoms with Crippen LogP contribution >= 0.6 is 11.3 Å². The second-order valence-corrected chi connectivity index (χ2v) is 6.93. The average Bonchev–Trinajstić information content (AvgIpc) is 3.27. The molecular weight excluding hydrogens is 344 g/mol. The van der Waals surface area contributed by atoms with Crippen LogP contribution in [0.2, 0.25) is 0 Å². The van der Waals surface area contributed by atoms with Crippen LogP contribution in [0.1, 0.15) is 23.0 Å². The number of nitrogens with one attached hydrogen (secondary N) is 1. The number of amides is 1. The summed E-state index contributed by atoms with van der Waals surface area (Å²) in [5.41, 5.74) is 4.30. The van der Waals surface area contributed by atoms with Gasteiger partial charge in [-0.1, -0.05) is 19.1 Å². The van der Waals surface area contributed by atoms with Gasteiger partial charge < -0.3 is 9.88 Å². The Morgan fingerprint density at radius 2 is 2.15 bits per heavy atom. The number of benzene rings is 1. The summed E-state index contributed by atoms with van der Waals surface area (Å²) in [4.78, 5) is 21.5. The fourth-order valence-electron chi connectivity index (χ4n) is 2.95. The molecule has 0 bridgehead atoms. The van der Waals surface area contributed by atoms with E-state index in [9.17, 15) is 4.79 Å². The van der Waals surface area contributed by atoms with Gasteiger partial charge in [0.25, 0.3) is 5.91 Å². The van der Waals surface area contributed by atoms with Gasteiger partial charge in [-0.15, -0.1) is 11.3 Å². The molecule has 3 aromatic heterocycles. The summed E-state index contributed by atoms with van der Waals surface area (Å²) < 4.78 is 1.97. The minimum Gasteiger partial charge on any atom is -0.335 e. The molecule has 1 N–H and O–H groups in total. The summed E-state index contributed by atoms with van der Waals surface area (Å²) >= 11 is 1.46. The molecule has 3 heterocycles. The lowest BCUT2D eigenvalue weighted by atomic mass is 10.1. The maximum Gasteiger partial charge on any atom is 0.275 e. The van der Waals surface area contributed by atoms with Gasteiger partial charge in [0, 0.05) is 41.5 Å². The van der Waals surface area contributed by atoms with Crippen molar-refractivity contribution >= 4 is 34.0 Å². The van der Waals surface area contributed by atoms with Crippen molar-refractivity contribution in [3.05, 3.63) is 65.4 Å². The van der Waals surface area contributed by atoms with E-state index >= 15 is 0 Å². The smallest absolute Gasteiger partial charge is 0.275 e. The second-order valence-electron chi connectivity index (χ2n) is 6.07. The Balaban J connectivity index is 1.62. The van der Waals surface area contributed by atoms with Gasteiger partial charge in [-0.05, 0) is 36.2 Å². The predicted octanol–water partition coefficient (Wildman–Crippen LogP) is 4.51. The highest BCUT2D eigenvalue weighted by Crippen LogP contribution is 2.31. The molecule has 6 heteroatoms. The standard InChI is InChI=1S/C20H18N4OS/c1-3-13-6-4-7-14(10-13)22-19(25)17-12-26-20(23-17)16-11-24(2)18-15(16)8-5-9-21-18/h4-12H,3H2,1-2H3,(H,22,25). The number of rotatable bonds is 4. The Bertz CT molecular complexity index is 1100. The quantitative estimate of drug-likeness (QED) is 0.581. The van der Waals surface area contributed by atoms with E-state index in [4.69, 9.17) is 0 Å². The molecule has 4 aromatic rings. The number of carbonyl (C=O) groups excluding carboxylic acids is 1. The van der Waals surface area contributed by atoms with Gasteiger partial charge in [-0.3, -0.25) is 4.79 Å². The van der Waals surface area contributed by atoms with Crippen molar-refractivity contribution in [1.29, 1.82) is 0 Å². The Morgan fingerprint density at radius 3 is 3.00 bits per heavy atom. The SMILES string of the molecule is CCc1cccc(NC(=O)c2csc(-c3cn(C)c4ncccc34)n2)c1. The van der Waals surface area contributed by atoms with Crippen LogP contribution in [-0.4, -0.2) is 20.4 Å². The van der Waals surface area contributed by atoms with Crippen molar-refractivity contribution < 1.29 is 4.79 Å². The summed E-state index contributed by atoms with van der Waals surface area (Å²) in [5.74, 6) is -0.195. The molecule has 26 heavy (non-hydrogen) atoms. The Hall–Kier alpha value is -2.99. The van der Waals surface area contributed by atoms with Crippen LogP contribution in [-0.2, 0) is 13.5 Å². The number of anilines is 1. The largest absolute Gasteiger partial charge is 0.335 e. The number of pyridine rings is 1. The lowest BCUT2D eigenvalue weighted by Crippen LogP contribution is -2.12. The predicted molar refractivity (Wildman–Crippen MR) is 106 cm³/mol. The zero-order valence-electron chi connectivity index (χ0n) is 14.6. The van der Waals surface area contributed by atoms with E-state index in [-0.39, 0.29) is 5.91 Å². The van der Waals surface area contributed by atoms with Crippen LogP contribution in [0.25, 0.3) is 21.6 Å². The zero-order chi connectivity index (χ0) is 18.1. The van der Waals surface area contributed by atoms with E-state index in [0.717, 1.165) is 33.7 Å². The number of nitrogens with zero attached hydrogens (tertiary/aromatic N) is 3. The highest BCUT2D eigenvalue weighted by Gasteiger charge is 2.16. The van der Waals surface area contributed by atoms with Crippen molar-refractivity contribution in [3.63, 3.8) is 0 Å². The Morgan fingerprint density at radius 1 is 1.27 bits per heavy atom. The number of aryl methyl sites for hydroxylation is 2. The summed E-state index contributed by atoms with van der Waals surface area (Å²) in [6.07, 6.45) is 4.71. The molecule has 5 nitrogen and oxygen atoms in total. The molecule has 0 aliphatic rings. The number of aromatic nitrogens is 3. The van der Waals surface area contributed by atoms with Gasteiger partial charge in [0.1, 0.15) is 16.3 Å². The van der Waals surface area contributed by atoms with E-state index in [1.807, 2.05) is 54.2 Å².